The maximum absolute atomic E-state index is 13.3. The molecule has 8 heteroatoms. The van der Waals surface area contributed by atoms with Gasteiger partial charge in [-0.05, 0) is 37.1 Å². The normalized spacial score (nSPS) is 11.6. The number of nitrogens with one attached hydrogen (secondary N) is 1. The number of benzene rings is 2. The molecule has 0 atom stereocenters. The van der Waals surface area contributed by atoms with E-state index in [-0.39, 0.29) is 0 Å². The Bertz CT molecular complexity index is 874. The topological polar surface area (TPSA) is 66.5 Å². The van der Waals surface area contributed by atoms with Crippen LogP contribution in [0, 0.1) is 25.5 Å². The number of hydrogen-bond donors (Lipinski definition) is 1. The number of carbonyl (C=O) groups is 1. The van der Waals surface area contributed by atoms with Gasteiger partial charge in [-0.3, -0.25) is 4.79 Å². The van der Waals surface area contributed by atoms with Crippen molar-refractivity contribution in [2.45, 2.75) is 18.7 Å². The van der Waals surface area contributed by atoms with Gasteiger partial charge < -0.3 is 5.32 Å². The zero-order chi connectivity index (χ0) is 18.8. The smallest absolute Gasteiger partial charge is 0.243 e. The summed E-state index contributed by atoms with van der Waals surface area (Å²) in [7, 11) is -3.03. The Kier molecular flexibility index (Phi) is 5.54. The van der Waals surface area contributed by atoms with E-state index in [1.54, 1.807) is 0 Å². The average molecular weight is 368 g/mol. The highest BCUT2D eigenvalue weighted by Gasteiger charge is 2.24. The van der Waals surface area contributed by atoms with Crippen LogP contribution in [0.15, 0.2) is 41.3 Å². The van der Waals surface area contributed by atoms with Gasteiger partial charge in [0.05, 0.1) is 11.4 Å². The molecule has 0 radical (unpaired) electrons. The van der Waals surface area contributed by atoms with Crippen molar-refractivity contribution in [3.8, 4) is 0 Å². The fourth-order valence-corrected chi connectivity index (χ4v) is 3.51. The first-order valence-electron chi connectivity index (χ1n) is 7.40. The molecular formula is C17H18F2N2O3S. The van der Waals surface area contributed by atoms with Gasteiger partial charge in [0, 0.05) is 18.8 Å². The number of para-hydroxylation sites is 1. The van der Waals surface area contributed by atoms with E-state index < -0.39 is 39.0 Å². The van der Waals surface area contributed by atoms with Crippen molar-refractivity contribution < 1.29 is 22.0 Å². The Morgan fingerprint density at radius 1 is 1.08 bits per heavy atom. The average Bonchev–Trinajstić information content (AvgIpc) is 2.50. The van der Waals surface area contributed by atoms with Crippen molar-refractivity contribution in [1.29, 1.82) is 0 Å². The minimum absolute atomic E-state index is 0.492. The summed E-state index contributed by atoms with van der Waals surface area (Å²) >= 11 is 0. The number of hydrogen-bond acceptors (Lipinski definition) is 3. The number of carbonyl (C=O) groups excluding carboxylic acids is 1. The first-order chi connectivity index (χ1) is 11.6. The number of rotatable bonds is 5. The Morgan fingerprint density at radius 2 is 1.60 bits per heavy atom. The molecule has 1 N–H and O–H groups in total. The zero-order valence-electron chi connectivity index (χ0n) is 14.0. The predicted molar refractivity (Wildman–Crippen MR) is 90.7 cm³/mol. The highest BCUT2D eigenvalue weighted by atomic mass is 32.2. The highest BCUT2D eigenvalue weighted by Crippen LogP contribution is 2.20. The van der Waals surface area contributed by atoms with Crippen molar-refractivity contribution >= 4 is 21.6 Å². The number of aryl methyl sites for hydroxylation is 2. The van der Waals surface area contributed by atoms with E-state index >= 15 is 0 Å². The number of sulfonamides is 1. The van der Waals surface area contributed by atoms with Gasteiger partial charge in [-0.15, -0.1) is 0 Å². The van der Waals surface area contributed by atoms with Crippen LogP contribution in [0.3, 0.4) is 0 Å². The number of amides is 1. The van der Waals surface area contributed by atoms with Crippen LogP contribution in [0.1, 0.15) is 11.1 Å². The molecule has 5 nitrogen and oxygen atoms in total. The quantitative estimate of drug-likeness (QED) is 0.883. The molecule has 0 aliphatic rings. The molecule has 2 aromatic rings. The second-order valence-electron chi connectivity index (χ2n) is 5.68. The van der Waals surface area contributed by atoms with E-state index in [1.165, 1.54) is 7.05 Å². The molecule has 0 aromatic heterocycles. The Balaban J connectivity index is 2.17. The molecule has 0 aliphatic heterocycles. The molecule has 0 saturated carbocycles. The predicted octanol–water partition coefficient (Wildman–Crippen LogP) is 2.84. The fraction of sp³-hybridized carbons (Fsp3) is 0.235. The maximum atomic E-state index is 13.3. The van der Waals surface area contributed by atoms with Crippen molar-refractivity contribution in [2.75, 3.05) is 18.9 Å². The third-order valence-corrected chi connectivity index (χ3v) is 5.44. The van der Waals surface area contributed by atoms with Crippen molar-refractivity contribution in [3.05, 3.63) is 59.2 Å². The number of nitrogens with zero attached hydrogens (tertiary/aromatic N) is 1. The maximum Gasteiger partial charge on any atom is 0.243 e. The third-order valence-electron chi connectivity index (χ3n) is 3.66. The molecule has 0 bridgehead atoms. The van der Waals surface area contributed by atoms with E-state index in [1.807, 2.05) is 32.0 Å². The minimum atomic E-state index is -4.20. The summed E-state index contributed by atoms with van der Waals surface area (Å²) in [5, 5.41) is 2.66. The lowest BCUT2D eigenvalue weighted by Crippen LogP contribution is -2.35. The van der Waals surface area contributed by atoms with Gasteiger partial charge in [-0.2, -0.15) is 4.31 Å². The van der Waals surface area contributed by atoms with Crippen molar-refractivity contribution in [1.82, 2.24) is 4.31 Å². The zero-order valence-corrected chi connectivity index (χ0v) is 14.8. The fourth-order valence-electron chi connectivity index (χ4n) is 2.34. The minimum Gasteiger partial charge on any atom is -0.324 e. The molecule has 0 heterocycles. The van der Waals surface area contributed by atoms with E-state index in [4.69, 9.17) is 0 Å². The van der Waals surface area contributed by atoms with Crippen molar-refractivity contribution in [3.63, 3.8) is 0 Å². The summed E-state index contributed by atoms with van der Waals surface area (Å²) in [6.45, 7) is 3.14. The molecule has 0 fully saturated rings. The summed E-state index contributed by atoms with van der Waals surface area (Å²) < 4.78 is 52.0. The van der Waals surface area contributed by atoms with Crippen LogP contribution in [0.4, 0.5) is 14.5 Å². The first-order valence-corrected chi connectivity index (χ1v) is 8.84. The summed E-state index contributed by atoms with van der Waals surface area (Å²) in [6, 6.07) is 7.47. The largest absolute Gasteiger partial charge is 0.324 e. The second kappa shape index (κ2) is 7.28. The molecule has 1 amide bonds. The molecule has 25 heavy (non-hydrogen) atoms. The summed E-state index contributed by atoms with van der Waals surface area (Å²) in [5.41, 5.74) is 2.28. The van der Waals surface area contributed by atoms with Crippen molar-refractivity contribution in [2.24, 2.45) is 0 Å². The Hall–Kier alpha value is -2.32. The van der Waals surface area contributed by atoms with Gasteiger partial charge >= 0.3 is 0 Å². The van der Waals surface area contributed by atoms with E-state index in [0.29, 0.717) is 23.9 Å². The number of halogens is 2. The lowest BCUT2D eigenvalue weighted by atomic mass is 10.1. The summed E-state index contributed by atoms with van der Waals surface area (Å²) in [5.74, 6) is -2.57. The van der Waals surface area contributed by atoms with Crippen LogP contribution in [0.2, 0.25) is 0 Å². The SMILES string of the molecule is Cc1cccc(C)c1NC(=O)CN(C)S(=O)(=O)c1cc(F)cc(F)c1. The lowest BCUT2D eigenvalue weighted by molar-refractivity contribution is -0.116. The van der Waals surface area contributed by atoms with Gasteiger partial charge in [0.1, 0.15) is 11.6 Å². The molecule has 134 valence electrons. The van der Waals surface area contributed by atoms with Crippen LogP contribution < -0.4 is 5.32 Å². The van der Waals surface area contributed by atoms with Crippen LogP contribution in [-0.4, -0.2) is 32.2 Å². The first kappa shape index (κ1) is 19.0. The second-order valence-corrected chi connectivity index (χ2v) is 7.73. The lowest BCUT2D eigenvalue weighted by Gasteiger charge is -2.18. The molecule has 0 spiro atoms. The van der Waals surface area contributed by atoms with E-state index in [0.717, 1.165) is 15.4 Å². The van der Waals surface area contributed by atoms with Crippen LogP contribution >= 0.6 is 0 Å². The van der Waals surface area contributed by atoms with Crippen LogP contribution in [0.5, 0.6) is 0 Å². The van der Waals surface area contributed by atoms with Crippen LogP contribution in [0.25, 0.3) is 0 Å². The van der Waals surface area contributed by atoms with Crippen LogP contribution in [-0.2, 0) is 14.8 Å². The van der Waals surface area contributed by atoms with Gasteiger partial charge in [0.15, 0.2) is 0 Å². The monoisotopic (exact) mass is 368 g/mol. The van der Waals surface area contributed by atoms with Gasteiger partial charge in [0.25, 0.3) is 0 Å². The van der Waals surface area contributed by atoms with Gasteiger partial charge in [-0.25, -0.2) is 17.2 Å². The number of anilines is 1. The molecular weight excluding hydrogens is 350 g/mol. The molecule has 2 rings (SSSR count). The van der Waals surface area contributed by atoms with E-state index in [2.05, 4.69) is 5.32 Å². The standard InChI is InChI=1S/C17H18F2N2O3S/c1-11-5-4-6-12(2)17(11)20-16(22)10-21(3)25(23,24)15-8-13(18)7-14(19)9-15/h4-9H,10H2,1-3H3,(H,20,22). The molecule has 0 aliphatic carbocycles. The summed E-state index contributed by atoms with van der Waals surface area (Å²) in [6.07, 6.45) is 0. The van der Waals surface area contributed by atoms with Gasteiger partial charge in [0.2, 0.25) is 15.9 Å². The van der Waals surface area contributed by atoms with E-state index in [9.17, 15) is 22.0 Å². The number of likely N-dealkylation sites (N-methyl/N-ethyl adjacent to an activating group) is 1. The Labute approximate surface area is 145 Å². The summed E-state index contributed by atoms with van der Waals surface area (Å²) in [4.78, 5) is 11.6. The Morgan fingerprint density at radius 3 is 2.12 bits per heavy atom. The van der Waals surface area contributed by atoms with Gasteiger partial charge in [-0.1, -0.05) is 18.2 Å². The molecule has 0 unspecified atom stereocenters. The third kappa shape index (κ3) is 4.40. The highest BCUT2D eigenvalue weighted by molar-refractivity contribution is 7.89. The molecule has 0 saturated heterocycles. The molecule has 2 aromatic carbocycles.